The van der Waals surface area contributed by atoms with Crippen LogP contribution in [0.3, 0.4) is 0 Å². The molecule has 8 heteroatoms. The highest BCUT2D eigenvalue weighted by Crippen LogP contribution is 2.33. The fraction of sp³-hybridized carbons (Fsp3) is 0.474. The number of ether oxygens (including phenoxy) is 2. The number of carbonyl (C=O) groups excluding carboxylic acids is 2. The number of carbonyl (C=O) groups is 2. The summed E-state index contributed by atoms with van der Waals surface area (Å²) < 4.78 is 10.2. The van der Waals surface area contributed by atoms with E-state index in [1.807, 2.05) is 39.0 Å². The second-order valence-corrected chi connectivity index (χ2v) is 7.46. The Hall–Kier alpha value is -2.25. The largest absolute Gasteiger partial charge is 0.469 e. The minimum atomic E-state index is -0.533. The highest BCUT2D eigenvalue weighted by atomic mass is 35.5. The molecule has 1 aliphatic heterocycles. The van der Waals surface area contributed by atoms with Crippen LogP contribution in [0.15, 0.2) is 18.2 Å². The molecule has 1 aliphatic rings. The van der Waals surface area contributed by atoms with Crippen molar-refractivity contribution in [3.05, 3.63) is 35.0 Å². The first-order chi connectivity index (χ1) is 12.3. The Morgan fingerprint density at radius 1 is 1.30 bits per heavy atom. The van der Waals surface area contributed by atoms with Crippen LogP contribution in [-0.2, 0) is 27.4 Å². The molecule has 7 nitrogen and oxygen atoms in total. The molecule has 1 amide bonds. The number of alkyl carbamates (subject to hydrolysis) is 1. The zero-order chi connectivity index (χ0) is 18.9. The molecule has 27 heavy (non-hydrogen) atoms. The Labute approximate surface area is 164 Å². The molecule has 1 unspecified atom stereocenters. The van der Waals surface area contributed by atoms with Crippen molar-refractivity contribution < 1.29 is 19.1 Å². The van der Waals surface area contributed by atoms with Gasteiger partial charge in [0.1, 0.15) is 5.60 Å². The van der Waals surface area contributed by atoms with E-state index in [0.717, 1.165) is 27.7 Å². The van der Waals surface area contributed by atoms with Crippen LogP contribution in [0.1, 0.15) is 43.5 Å². The van der Waals surface area contributed by atoms with Crippen LogP contribution in [0.25, 0.3) is 10.9 Å². The fourth-order valence-corrected chi connectivity index (χ4v) is 3.24. The predicted molar refractivity (Wildman–Crippen MR) is 105 cm³/mol. The van der Waals surface area contributed by atoms with Crippen LogP contribution in [0.4, 0.5) is 4.79 Å². The predicted octanol–water partition coefficient (Wildman–Crippen LogP) is 2.97. The van der Waals surface area contributed by atoms with Crippen molar-refractivity contribution in [3.63, 3.8) is 0 Å². The third kappa shape index (κ3) is 4.73. The Balaban J connectivity index is 0.00000261. The van der Waals surface area contributed by atoms with E-state index in [2.05, 4.69) is 15.6 Å². The maximum atomic E-state index is 12.2. The molecule has 1 atom stereocenters. The number of aromatic nitrogens is 1. The lowest BCUT2D eigenvalue weighted by Gasteiger charge is -2.22. The number of benzene rings is 1. The quantitative estimate of drug-likeness (QED) is 0.695. The first-order valence-electron chi connectivity index (χ1n) is 8.67. The van der Waals surface area contributed by atoms with Gasteiger partial charge in [-0.2, -0.15) is 0 Å². The van der Waals surface area contributed by atoms with Gasteiger partial charge in [0, 0.05) is 36.2 Å². The van der Waals surface area contributed by atoms with E-state index in [4.69, 9.17) is 9.47 Å². The van der Waals surface area contributed by atoms with E-state index in [1.54, 1.807) is 0 Å². The van der Waals surface area contributed by atoms with Gasteiger partial charge in [0.2, 0.25) is 0 Å². The molecule has 0 saturated heterocycles. The molecule has 0 fully saturated rings. The minimum Gasteiger partial charge on any atom is -0.469 e. The first kappa shape index (κ1) is 21.1. The standard InChI is InChI=1S/C19H25N3O4.ClH/c1-19(2,3)26-18(24)21-8-11-5-6-14-12(7-11)16-13(17(23)25-4)9-20-10-15(16)22-14;/h5-7,13,20,22H,8-10H2,1-4H3,(H,21,24);1H. The summed E-state index contributed by atoms with van der Waals surface area (Å²) in [6.07, 6.45) is -0.453. The van der Waals surface area contributed by atoms with Gasteiger partial charge in [-0.3, -0.25) is 4.79 Å². The number of amides is 1. The summed E-state index contributed by atoms with van der Waals surface area (Å²) in [5.74, 6) is -0.594. The topological polar surface area (TPSA) is 92.5 Å². The van der Waals surface area contributed by atoms with Crippen molar-refractivity contribution in [1.29, 1.82) is 0 Å². The van der Waals surface area contributed by atoms with Crippen molar-refractivity contribution in [2.24, 2.45) is 0 Å². The Morgan fingerprint density at radius 3 is 2.70 bits per heavy atom. The van der Waals surface area contributed by atoms with Crippen molar-refractivity contribution in [2.75, 3.05) is 13.7 Å². The lowest BCUT2D eigenvalue weighted by Crippen LogP contribution is -2.33. The van der Waals surface area contributed by atoms with Crippen LogP contribution in [0.2, 0.25) is 0 Å². The average molecular weight is 396 g/mol. The zero-order valence-electron chi connectivity index (χ0n) is 16.0. The lowest BCUT2D eigenvalue weighted by molar-refractivity contribution is -0.142. The average Bonchev–Trinajstić information content (AvgIpc) is 2.95. The van der Waals surface area contributed by atoms with Crippen LogP contribution >= 0.6 is 12.4 Å². The molecule has 0 aliphatic carbocycles. The van der Waals surface area contributed by atoms with E-state index in [9.17, 15) is 9.59 Å². The second-order valence-electron chi connectivity index (χ2n) is 7.46. The Morgan fingerprint density at radius 2 is 2.04 bits per heavy atom. The first-order valence-corrected chi connectivity index (χ1v) is 8.67. The van der Waals surface area contributed by atoms with Crippen molar-refractivity contribution in [1.82, 2.24) is 15.6 Å². The molecule has 0 spiro atoms. The van der Waals surface area contributed by atoms with Gasteiger partial charge in [-0.15, -0.1) is 12.4 Å². The minimum absolute atomic E-state index is 0. The molecule has 0 saturated carbocycles. The van der Waals surface area contributed by atoms with Crippen LogP contribution in [0, 0.1) is 0 Å². The summed E-state index contributed by atoms with van der Waals surface area (Å²) in [7, 11) is 1.40. The molecule has 2 aromatic rings. The molecular weight excluding hydrogens is 370 g/mol. The normalized spacial score (nSPS) is 16.2. The highest BCUT2D eigenvalue weighted by molar-refractivity contribution is 5.92. The number of hydrogen-bond acceptors (Lipinski definition) is 5. The molecule has 3 rings (SSSR count). The number of fused-ring (bicyclic) bond motifs is 3. The van der Waals surface area contributed by atoms with Crippen LogP contribution in [0.5, 0.6) is 0 Å². The van der Waals surface area contributed by atoms with Gasteiger partial charge in [-0.05, 0) is 44.0 Å². The van der Waals surface area contributed by atoms with Gasteiger partial charge in [-0.1, -0.05) is 6.07 Å². The number of nitrogens with one attached hydrogen (secondary N) is 3. The van der Waals surface area contributed by atoms with E-state index < -0.39 is 11.7 Å². The van der Waals surface area contributed by atoms with Crippen LogP contribution in [-0.4, -0.2) is 36.3 Å². The van der Waals surface area contributed by atoms with Gasteiger partial charge in [-0.25, -0.2) is 4.79 Å². The smallest absolute Gasteiger partial charge is 0.407 e. The molecule has 1 aromatic heterocycles. The molecule has 1 aromatic carbocycles. The van der Waals surface area contributed by atoms with Gasteiger partial charge in [0.15, 0.2) is 0 Å². The third-order valence-corrected chi connectivity index (χ3v) is 4.30. The number of halogens is 1. The van der Waals surface area contributed by atoms with Gasteiger partial charge in [0.25, 0.3) is 0 Å². The van der Waals surface area contributed by atoms with Crippen LogP contribution < -0.4 is 10.6 Å². The maximum Gasteiger partial charge on any atom is 0.407 e. The summed E-state index contributed by atoms with van der Waals surface area (Å²) in [6.45, 7) is 7.06. The van der Waals surface area contributed by atoms with E-state index >= 15 is 0 Å². The monoisotopic (exact) mass is 395 g/mol. The summed E-state index contributed by atoms with van der Waals surface area (Å²) in [4.78, 5) is 27.4. The van der Waals surface area contributed by atoms with Gasteiger partial charge < -0.3 is 25.1 Å². The molecule has 148 valence electrons. The van der Waals surface area contributed by atoms with E-state index in [-0.39, 0.29) is 24.3 Å². The SMILES string of the molecule is COC(=O)C1CNCc2[nH]c3ccc(CNC(=O)OC(C)(C)C)cc3c21.Cl. The number of aromatic amines is 1. The molecule has 2 heterocycles. The number of esters is 1. The summed E-state index contributed by atoms with van der Waals surface area (Å²) >= 11 is 0. The summed E-state index contributed by atoms with van der Waals surface area (Å²) in [6, 6.07) is 5.92. The number of methoxy groups -OCH3 is 1. The Kier molecular flexibility index (Phi) is 6.38. The van der Waals surface area contributed by atoms with Gasteiger partial charge >= 0.3 is 12.1 Å². The third-order valence-electron chi connectivity index (χ3n) is 4.30. The maximum absolute atomic E-state index is 12.2. The fourth-order valence-electron chi connectivity index (χ4n) is 3.24. The number of hydrogen-bond donors (Lipinski definition) is 3. The Bertz CT molecular complexity index is 841. The molecule has 3 N–H and O–H groups in total. The lowest BCUT2D eigenvalue weighted by atomic mass is 9.92. The summed E-state index contributed by atoms with van der Waals surface area (Å²) in [5.41, 5.74) is 3.35. The number of H-pyrrole nitrogens is 1. The highest BCUT2D eigenvalue weighted by Gasteiger charge is 2.30. The van der Waals surface area contributed by atoms with E-state index in [0.29, 0.717) is 19.6 Å². The van der Waals surface area contributed by atoms with Crippen molar-refractivity contribution in [2.45, 2.75) is 45.4 Å². The van der Waals surface area contributed by atoms with Crippen molar-refractivity contribution in [3.8, 4) is 0 Å². The van der Waals surface area contributed by atoms with E-state index in [1.165, 1.54) is 7.11 Å². The summed E-state index contributed by atoms with van der Waals surface area (Å²) in [5, 5.41) is 6.99. The van der Waals surface area contributed by atoms with Crippen molar-refractivity contribution >= 4 is 35.4 Å². The molecule has 0 radical (unpaired) electrons. The molecule has 0 bridgehead atoms. The molecular formula is C19H26ClN3O4. The zero-order valence-corrected chi connectivity index (χ0v) is 16.8. The second kappa shape index (κ2) is 8.19. The number of rotatable bonds is 3. The van der Waals surface area contributed by atoms with Gasteiger partial charge in [0.05, 0.1) is 13.0 Å².